The highest BCUT2D eigenvalue weighted by Crippen LogP contribution is 2.30. The van der Waals surface area contributed by atoms with Gasteiger partial charge in [0, 0.05) is 36.0 Å². The van der Waals surface area contributed by atoms with Crippen LogP contribution in [0, 0.1) is 19.7 Å². The standard InChI is InChI=1S/C21H24FN5OS/c1-13-17(14(2)27-20(23-13)24-21(25-27)29-3)10-11-19(28)26(16-8-9-16)12-15-6-4-5-7-18(15)22/h4-7,16H,8-12H2,1-3H3. The van der Waals surface area contributed by atoms with Crippen molar-refractivity contribution in [2.24, 2.45) is 0 Å². The van der Waals surface area contributed by atoms with E-state index in [4.69, 9.17) is 0 Å². The summed E-state index contributed by atoms with van der Waals surface area (Å²) in [5.41, 5.74) is 3.41. The van der Waals surface area contributed by atoms with Crippen LogP contribution in [0.1, 0.15) is 41.8 Å². The second kappa shape index (κ2) is 8.10. The quantitative estimate of drug-likeness (QED) is 0.553. The topological polar surface area (TPSA) is 63.4 Å². The molecule has 1 fully saturated rings. The average molecular weight is 414 g/mol. The fourth-order valence-corrected chi connectivity index (χ4v) is 3.97. The smallest absolute Gasteiger partial charge is 0.253 e. The predicted octanol–water partition coefficient (Wildman–Crippen LogP) is 3.73. The summed E-state index contributed by atoms with van der Waals surface area (Å²) in [5, 5.41) is 5.15. The number of hydrogen-bond donors (Lipinski definition) is 0. The van der Waals surface area contributed by atoms with Crippen LogP contribution in [-0.4, -0.2) is 42.7 Å². The lowest BCUT2D eigenvalue weighted by Crippen LogP contribution is -2.33. The molecule has 2 aromatic heterocycles. The number of halogens is 1. The molecule has 3 aromatic rings. The molecule has 152 valence electrons. The van der Waals surface area contributed by atoms with Crippen LogP contribution in [0.3, 0.4) is 0 Å². The normalized spacial score (nSPS) is 13.8. The molecule has 1 saturated carbocycles. The highest BCUT2D eigenvalue weighted by Gasteiger charge is 2.32. The van der Waals surface area contributed by atoms with Crippen molar-refractivity contribution in [3.8, 4) is 0 Å². The van der Waals surface area contributed by atoms with E-state index in [1.165, 1.54) is 17.8 Å². The molecule has 0 saturated heterocycles. The third-order valence-corrected chi connectivity index (χ3v) is 5.95. The Hall–Kier alpha value is -2.48. The Morgan fingerprint density at radius 3 is 2.72 bits per heavy atom. The van der Waals surface area contributed by atoms with Crippen molar-refractivity contribution in [2.45, 2.75) is 57.3 Å². The molecule has 0 aliphatic heterocycles. The van der Waals surface area contributed by atoms with Gasteiger partial charge in [-0.25, -0.2) is 13.9 Å². The zero-order chi connectivity index (χ0) is 20.5. The molecule has 4 rings (SSSR count). The first-order chi connectivity index (χ1) is 14.0. The Morgan fingerprint density at radius 1 is 1.28 bits per heavy atom. The average Bonchev–Trinajstić information content (AvgIpc) is 3.46. The van der Waals surface area contributed by atoms with Gasteiger partial charge in [-0.1, -0.05) is 30.0 Å². The van der Waals surface area contributed by atoms with E-state index in [0.29, 0.717) is 35.9 Å². The molecule has 8 heteroatoms. The lowest BCUT2D eigenvalue weighted by atomic mass is 10.1. The maximum atomic E-state index is 14.1. The predicted molar refractivity (Wildman–Crippen MR) is 110 cm³/mol. The van der Waals surface area contributed by atoms with Gasteiger partial charge >= 0.3 is 0 Å². The minimum absolute atomic E-state index is 0.0537. The van der Waals surface area contributed by atoms with Crippen LogP contribution in [0.15, 0.2) is 29.4 Å². The van der Waals surface area contributed by atoms with Crippen LogP contribution in [0.2, 0.25) is 0 Å². The summed E-state index contributed by atoms with van der Waals surface area (Å²) in [6.07, 6.45) is 4.85. The number of aromatic nitrogens is 4. The molecule has 0 radical (unpaired) electrons. The second-order valence-electron chi connectivity index (χ2n) is 7.42. The summed E-state index contributed by atoms with van der Waals surface area (Å²) < 4.78 is 15.8. The number of rotatable bonds is 7. The van der Waals surface area contributed by atoms with Crippen LogP contribution in [0.4, 0.5) is 4.39 Å². The first-order valence-electron chi connectivity index (χ1n) is 9.77. The number of thioether (sulfide) groups is 1. The molecule has 0 atom stereocenters. The molecule has 1 aliphatic rings. The molecule has 1 amide bonds. The number of carbonyl (C=O) groups excluding carboxylic acids is 1. The Morgan fingerprint density at radius 2 is 2.03 bits per heavy atom. The third kappa shape index (κ3) is 4.12. The van der Waals surface area contributed by atoms with E-state index in [0.717, 1.165) is 29.8 Å². The fraction of sp³-hybridized carbons (Fsp3) is 0.429. The summed E-state index contributed by atoms with van der Waals surface area (Å²) in [4.78, 5) is 23.8. The van der Waals surface area contributed by atoms with Gasteiger partial charge in [-0.15, -0.1) is 5.10 Å². The Labute approximate surface area is 173 Å². The highest BCUT2D eigenvalue weighted by molar-refractivity contribution is 7.98. The number of carbonyl (C=O) groups is 1. The van der Waals surface area contributed by atoms with Gasteiger partial charge in [0.15, 0.2) is 0 Å². The number of nitrogens with zero attached hydrogens (tertiary/aromatic N) is 5. The molecule has 1 aliphatic carbocycles. The monoisotopic (exact) mass is 413 g/mol. The van der Waals surface area contributed by atoms with Crippen molar-refractivity contribution in [3.05, 3.63) is 52.6 Å². The molecule has 0 unspecified atom stereocenters. The Balaban J connectivity index is 1.51. The van der Waals surface area contributed by atoms with E-state index in [1.54, 1.807) is 16.6 Å². The first-order valence-corrected chi connectivity index (χ1v) is 11.0. The summed E-state index contributed by atoms with van der Waals surface area (Å²) >= 11 is 1.47. The van der Waals surface area contributed by atoms with E-state index < -0.39 is 0 Å². The van der Waals surface area contributed by atoms with Gasteiger partial charge < -0.3 is 4.90 Å². The number of aryl methyl sites for hydroxylation is 2. The molecule has 6 nitrogen and oxygen atoms in total. The van der Waals surface area contributed by atoms with Gasteiger partial charge in [0.2, 0.25) is 11.1 Å². The van der Waals surface area contributed by atoms with E-state index in [-0.39, 0.29) is 17.8 Å². The van der Waals surface area contributed by atoms with Crippen molar-refractivity contribution in [3.63, 3.8) is 0 Å². The minimum atomic E-state index is -0.261. The molecule has 1 aromatic carbocycles. The molecule has 29 heavy (non-hydrogen) atoms. The largest absolute Gasteiger partial charge is 0.335 e. The Bertz CT molecular complexity index is 1060. The van der Waals surface area contributed by atoms with E-state index >= 15 is 0 Å². The van der Waals surface area contributed by atoms with Gasteiger partial charge in [0.1, 0.15) is 5.82 Å². The summed E-state index contributed by atoms with van der Waals surface area (Å²) in [6, 6.07) is 6.90. The fourth-order valence-electron chi connectivity index (χ4n) is 3.63. The van der Waals surface area contributed by atoms with Gasteiger partial charge in [-0.05, 0) is 51.0 Å². The van der Waals surface area contributed by atoms with Crippen molar-refractivity contribution < 1.29 is 9.18 Å². The summed E-state index contributed by atoms with van der Waals surface area (Å²) in [6.45, 7) is 4.25. The zero-order valence-electron chi connectivity index (χ0n) is 16.9. The van der Waals surface area contributed by atoms with Crippen LogP contribution < -0.4 is 0 Å². The van der Waals surface area contributed by atoms with Gasteiger partial charge in [-0.3, -0.25) is 4.79 Å². The lowest BCUT2D eigenvalue weighted by Gasteiger charge is -2.23. The van der Waals surface area contributed by atoms with E-state index in [1.807, 2.05) is 31.1 Å². The molecule has 2 heterocycles. The number of amides is 1. The first kappa shape index (κ1) is 19.8. The van der Waals surface area contributed by atoms with Crippen LogP contribution in [0.5, 0.6) is 0 Å². The van der Waals surface area contributed by atoms with E-state index in [9.17, 15) is 9.18 Å². The van der Waals surface area contributed by atoms with Gasteiger partial charge in [0.05, 0.1) is 0 Å². The molecule has 0 bridgehead atoms. The summed E-state index contributed by atoms with van der Waals surface area (Å²) in [7, 11) is 0. The van der Waals surface area contributed by atoms with E-state index in [2.05, 4.69) is 15.1 Å². The number of fused-ring (bicyclic) bond motifs is 1. The summed E-state index contributed by atoms with van der Waals surface area (Å²) in [5.74, 6) is 0.375. The molecule has 0 N–H and O–H groups in total. The maximum absolute atomic E-state index is 14.1. The van der Waals surface area contributed by atoms with Crippen molar-refractivity contribution in [1.82, 2.24) is 24.5 Å². The zero-order valence-corrected chi connectivity index (χ0v) is 17.7. The lowest BCUT2D eigenvalue weighted by molar-refractivity contribution is -0.132. The third-order valence-electron chi connectivity index (χ3n) is 5.41. The van der Waals surface area contributed by atoms with Crippen LogP contribution in [-0.2, 0) is 17.8 Å². The van der Waals surface area contributed by atoms with Gasteiger partial charge in [0.25, 0.3) is 5.78 Å². The maximum Gasteiger partial charge on any atom is 0.253 e. The van der Waals surface area contributed by atoms with Crippen LogP contribution >= 0.6 is 11.8 Å². The molecular weight excluding hydrogens is 389 g/mol. The highest BCUT2D eigenvalue weighted by atomic mass is 32.2. The van der Waals surface area contributed by atoms with Crippen molar-refractivity contribution >= 4 is 23.4 Å². The SMILES string of the molecule is CSc1nc2nc(C)c(CCC(=O)N(Cc3ccccc3F)C3CC3)c(C)n2n1. The van der Waals surface area contributed by atoms with Crippen molar-refractivity contribution in [2.75, 3.05) is 6.26 Å². The Kier molecular flexibility index (Phi) is 5.54. The van der Waals surface area contributed by atoms with Crippen LogP contribution in [0.25, 0.3) is 5.78 Å². The van der Waals surface area contributed by atoms with Crippen molar-refractivity contribution in [1.29, 1.82) is 0 Å². The molecule has 0 spiro atoms. The van der Waals surface area contributed by atoms with Gasteiger partial charge in [-0.2, -0.15) is 4.98 Å². The second-order valence-corrected chi connectivity index (χ2v) is 8.19. The minimum Gasteiger partial charge on any atom is -0.335 e. The number of benzene rings is 1. The molecular formula is C21H24FN5OS. The number of hydrogen-bond acceptors (Lipinski definition) is 5.